The third-order valence-electron chi connectivity index (χ3n) is 4.01. The van der Waals surface area contributed by atoms with Crippen molar-refractivity contribution in [1.82, 2.24) is 10.2 Å². The number of nitrogens with zero attached hydrogens (tertiary/aromatic N) is 1. The van der Waals surface area contributed by atoms with Crippen LogP contribution in [0.1, 0.15) is 17.2 Å². The van der Waals surface area contributed by atoms with Gasteiger partial charge < -0.3 is 19.7 Å². The number of amides is 1. The summed E-state index contributed by atoms with van der Waals surface area (Å²) in [5, 5.41) is 2.94. The van der Waals surface area contributed by atoms with E-state index in [0.29, 0.717) is 12.3 Å². The Morgan fingerprint density at radius 1 is 1.04 bits per heavy atom. The molecule has 1 unspecified atom stereocenters. The van der Waals surface area contributed by atoms with Gasteiger partial charge in [-0.3, -0.25) is 4.79 Å². The highest BCUT2D eigenvalue weighted by Gasteiger charge is 2.15. The molecule has 0 aliphatic heterocycles. The van der Waals surface area contributed by atoms with Gasteiger partial charge in [-0.25, -0.2) is 0 Å². The molecule has 26 heavy (non-hydrogen) atoms. The van der Waals surface area contributed by atoms with Crippen molar-refractivity contribution in [2.75, 3.05) is 34.4 Å². The summed E-state index contributed by atoms with van der Waals surface area (Å²) in [6, 6.07) is 15.6. The van der Waals surface area contributed by atoms with Gasteiger partial charge in [0.2, 0.25) is 0 Å². The van der Waals surface area contributed by atoms with Gasteiger partial charge in [0.25, 0.3) is 5.91 Å². The maximum absolute atomic E-state index is 12.1. The minimum atomic E-state index is -0.144. The molecule has 0 bridgehead atoms. The van der Waals surface area contributed by atoms with Crippen molar-refractivity contribution in [2.45, 2.75) is 13.0 Å². The number of ether oxygens (including phenoxy) is 2. The van der Waals surface area contributed by atoms with Crippen LogP contribution in [0.2, 0.25) is 0 Å². The molecular formula is C20H27ClN2O3. The van der Waals surface area contributed by atoms with E-state index in [4.69, 9.17) is 9.47 Å². The number of likely N-dealkylation sites (N-methyl/N-ethyl adjacent to an activating group) is 1. The Bertz CT molecular complexity index is 672. The molecule has 0 spiro atoms. The Kier molecular flexibility index (Phi) is 8.96. The molecule has 0 saturated heterocycles. The van der Waals surface area contributed by atoms with Crippen LogP contribution in [-0.2, 0) is 4.79 Å². The number of aryl methyl sites for hydroxylation is 1. The van der Waals surface area contributed by atoms with Crippen molar-refractivity contribution in [3.8, 4) is 11.5 Å². The molecule has 1 atom stereocenters. The Morgan fingerprint density at radius 2 is 1.62 bits per heavy atom. The van der Waals surface area contributed by atoms with Crippen LogP contribution in [-0.4, -0.2) is 45.2 Å². The molecule has 0 aliphatic carbocycles. The molecule has 1 amide bonds. The lowest BCUT2D eigenvalue weighted by molar-refractivity contribution is -0.123. The molecule has 0 aliphatic rings. The second-order valence-electron chi connectivity index (χ2n) is 6.16. The van der Waals surface area contributed by atoms with Crippen LogP contribution < -0.4 is 14.8 Å². The molecular weight excluding hydrogens is 352 g/mol. The highest BCUT2D eigenvalue weighted by atomic mass is 35.5. The first-order chi connectivity index (χ1) is 12.0. The zero-order chi connectivity index (χ0) is 18.2. The summed E-state index contributed by atoms with van der Waals surface area (Å²) < 4.78 is 10.6. The van der Waals surface area contributed by atoms with Gasteiger partial charge in [0, 0.05) is 6.54 Å². The van der Waals surface area contributed by atoms with Gasteiger partial charge in [-0.15, -0.1) is 12.4 Å². The van der Waals surface area contributed by atoms with E-state index >= 15 is 0 Å². The van der Waals surface area contributed by atoms with Gasteiger partial charge in [0.1, 0.15) is 11.5 Å². The molecule has 2 aromatic rings. The van der Waals surface area contributed by atoms with Gasteiger partial charge in [-0.05, 0) is 50.8 Å². The predicted octanol–water partition coefficient (Wildman–Crippen LogP) is 3.22. The summed E-state index contributed by atoms with van der Waals surface area (Å²) in [5.74, 6) is 1.25. The molecule has 2 rings (SSSR count). The van der Waals surface area contributed by atoms with Crippen molar-refractivity contribution in [1.29, 1.82) is 0 Å². The third-order valence-corrected chi connectivity index (χ3v) is 4.01. The first kappa shape index (κ1) is 21.8. The topological polar surface area (TPSA) is 50.8 Å². The standard InChI is InChI=1S/C20H26N2O3.ClH/c1-15-5-7-16(8-6-15)19(22(2)3)13-21-20(23)14-25-18-11-9-17(24-4)10-12-18;/h5-12,19H,13-14H2,1-4H3,(H,21,23);1H. The zero-order valence-electron chi connectivity index (χ0n) is 15.7. The predicted molar refractivity (Wildman–Crippen MR) is 106 cm³/mol. The van der Waals surface area contributed by atoms with Crippen LogP contribution in [0.4, 0.5) is 0 Å². The second kappa shape index (κ2) is 10.7. The fourth-order valence-corrected chi connectivity index (χ4v) is 2.47. The highest BCUT2D eigenvalue weighted by Crippen LogP contribution is 2.18. The summed E-state index contributed by atoms with van der Waals surface area (Å²) in [5.41, 5.74) is 2.39. The summed E-state index contributed by atoms with van der Waals surface area (Å²) in [7, 11) is 5.62. The fourth-order valence-electron chi connectivity index (χ4n) is 2.47. The van der Waals surface area contributed by atoms with Crippen LogP contribution in [0.25, 0.3) is 0 Å². The third kappa shape index (κ3) is 6.58. The van der Waals surface area contributed by atoms with Gasteiger partial charge in [0.05, 0.1) is 13.2 Å². The first-order valence-electron chi connectivity index (χ1n) is 8.26. The number of carbonyl (C=O) groups is 1. The van der Waals surface area contributed by atoms with E-state index in [1.807, 2.05) is 14.1 Å². The first-order valence-corrected chi connectivity index (χ1v) is 8.26. The largest absolute Gasteiger partial charge is 0.497 e. The monoisotopic (exact) mass is 378 g/mol. The zero-order valence-corrected chi connectivity index (χ0v) is 16.5. The van der Waals surface area contributed by atoms with E-state index < -0.39 is 0 Å². The maximum Gasteiger partial charge on any atom is 0.258 e. The van der Waals surface area contributed by atoms with Gasteiger partial charge >= 0.3 is 0 Å². The van der Waals surface area contributed by atoms with E-state index in [0.717, 1.165) is 5.75 Å². The van der Waals surface area contributed by atoms with Gasteiger partial charge in [0.15, 0.2) is 6.61 Å². The number of benzene rings is 2. The van der Waals surface area contributed by atoms with Crippen LogP contribution >= 0.6 is 12.4 Å². The molecule has 0 saturated carbocycles. The van der Waals surface area contributed by atoms with Crippen molar-refractivity contribution < 1.29 is 14.3 Å². The second-order valence-corrected chi connectivity index (χ2v) is 6.16. The van der Waals surface area contributed by atoms with Crippen LogP contribution in [0, 0.1) is 6.92 Å². The lowest BCUT2D eigenvalue weighted by Crippen LogP contribution is -2.36. The summed E-state index contributed by atoms with van der Waals surface area (Å²) in [4.78, 5) is 14.2. The molecule has 0 radical (unpaired) electrons. The van der Waals surface area contributed by atoms with Crippen LogP contribution in [0.5, 0.6) is 11.5 Å². The van der Waals surface area contributed by atoms with Crippen molar-refractivity contribution in [2.24, 2.45) is 0 Å². The number of hydrogen-bond acceptors (Lipinski definition) is 4. The number of halogens is 1. The maximum atomic E-state index is 12.1. The molecule has 1 N–H and O–H groups in total. The SMILES string of the molecule is COc1ccc(OCC(=O)NCC(c2ccc(C)cc2)N(C)C)cc1.Cl. The molecule has 2 aromatic carbocycles. The normalized spacial score (nSPS) is 11.4. The number of methoxy groups -OCH3 is 1. The van der Waals surface area contributed by atoms with E-state index in [2.05, 4.69) is 41.4 Å². The van der Waals surface area contributed by atoms with Gasteiger partial charge in [-0.2, -0.15) is 0 Å². The van der Waals surface area contributed by atoms with E-state index in [9.17, 15) is 4.79 Å². The summed E-state index contributed by atoms with van der Waals surface area (Å²) in [6.07, 6.45) is 0. The number of hydrogen-bond donors (Lipinski definition) is 1. The minimum absolute atomic E-state index is 0. The molecule has 142 valence electrons. The number of carbonyl (C=O) groups excluding carboxylic acids is 1. The molecule has 6 heteroatoms. The Labute approximate surface area is 161 Å². The van der Waals surface area contributed by atoms with E-state index in [1.54, 1.807) is 31.4 Å². The number of nitrogens with one attached hydrogen (secondary N) is 1. The fraction of sp³-hybridized carbons (Fsp3) is 0.350. The van der Waals surface area contributed by atoms with Crippen molar-refractivity contribution in [3.05, 3.63) is 59.7 Å². The molecule has 0 aromatic heterocycles. The van der Waals surface area contributed by atoms with Crippen LogP contribution in [0.15, 0.2) is 48.5 Å². The average molecular weight is 379 g/mol. The van der Waals surface area contributed by atoms with Crippen LogP contribution in [0.3, 0.4) is 0 Å². The molecule has 5 nitrogen and oxygen atoms in total. The van der Waals surface area contributed by atoms with Gasteiger partial charge in [-0.1, -0.05) is 29.8 Å². The summed E-state index contributed by atoms with van der Waals surface area (Å²) in [6.45, 7) is 2.58. The molecule has 0 fully saturated rings. The van der Waals surface area contributed by atoms with E-state index in [-0.39, 0.29) is 31.0 Å². The Balaban J connectivity index is 0.00000338. The van der Waals surface area contributed by atoms with Crippen molar-refractivity contribution >= 4 is 18.3 Å². The smallest absolute Gasteiger partial charge is 0.258 e. The lowest BCUT2D eigenvalue weighted by Gasteiger charge is -2.25. The van der Waals surface area contributed by atoms with Crippen molar-refractivity contribution in [3.63, 3.8) is 0 Å². The van der Waals surface area contributed by atoms with E-state index in [1.165, 1.54) is 11.1 Å². The molecule has 0 heterocycles. The Morgan fingerprint density at radius 3 is 2.15 bits per heavy atom. The minimum Gasteiger partial charge on any atom is -0.497 e. The quantitative estimate of drug-likeness (QED) is 0.766. The average Bonchev–Trinajstić information content (AvgIpc) is 2.61. The summed E-state index contributed by atoms with van der Waals surface area (Å²) >= 11 is 0. The Hall–Kier alpha value is -2.24. The lowest BCUT2D eigenvalue weighted by atomic mass is 10.0. The highest BCUT2D eigenvalue weighted by molar-refractivity contribution is 5.85. The number of rotatable bonds is 8.